The van der Waals surface area contributed by atoms with E-state index in [9.17, 15) is 14.0 Å². The third kappa shape index (κ3) is 3.47. The minimum absolute atomic E-state index is 0.0254. The lowest BCUT2D eigenvalue weighted by Crippen LogP contribution is -2.10. The van der Waals surface area contributed by atoms with Crippen molar-refractivity contribution in [1.82, 2.24) is 0 Å². The normalized spacial score (nSPS) is 10.4. The molecule has 84 valence electrons. The molecule has 2 N–H and O–H groups in total. The molecule has 1 aromatic carbocycles. The van der Waals surface area contributed by atoms with Gasteiger partial charge in [0, 0.05) is 16.6 Å². The van der Waals surface area contributed by atoms with E-state index in [0.29, 0.717) is 10.5 Å². The van der Waals surface area contributed by atoms with Gasteiger partial charge in [0.1, 0.15) is 5.82 Å². The van der Waals surface area contributed by atoms with Crippen molar-refractivity contribution in [2.45, 2.75) is 0 Å². The van der Waals surface area contributed by atoms with Gasteiger partial charge in [0.25, 0.3) is 0 Å². The van der Waals surface area contributed by atoms with Crippen molar-refractivity contribution in [1.29, 1.82) is 0 Å². The summed E-state index contributed by atoms with van der Waals surface area (Å²) in [6.07, 6.45) is 1.48. The minimum atomic E-state index is -1.25. The van der Waals surface area contributed by atoms with Gasteiger partial charge in [-0.05, 0) is 28.1 Å². The van der Waals surface area contributed by atoms with Crippen molar-refractivity contribution in [3.05, 3.63) is 40.6 Å². The largest absolute Gasteiger partial charge is 0.478 e. The van der Waals surface area contributed by atoms with Crippen LogP contribution in [0.3, 0.4) is 0 Å². The number of halogens is 2. The lowest BCUT2D eigenvalue weighted by Gasteiger charge is -2.05. The SMILES string of the molecule is O=C(O)/C=C/C(=O)Nc1c(F)cccc1Br. The number of aliphatic carboxylic acids is 1. The third-order valence-electron chi connectivity index (χ3n) is 1.59. The van der Waals surface area contributed by atoms with Gasteiger partial charge in [-0.1, -0.05) is 6.07 Å². The summed E-state index contributed by atoms with van der Waals surface area (Å²) in [6, 6.07) is 4.21. The maximum atomic E-state index is 13.2. The zero-order chi connectivity index (χ0) is 12.1. The van der Waals surface area contributed by atoms with Gasteiger partial charge in [-0.15, -0.1) is 0 Å². The molecule has 0 bridgehead atoms. The Hall–Kier alpha value is -1.69. The molecule has 0 spiro atoms. The zero-order valence-electron chi connectivity index (χ0n) is 7.91. The van der Waals surface area contributed by atoms with Crippen molar-refractivity contribution < 1.29 is 19.1 Å². The van der Waals surface area contributed by atoms with Crippen LogP contribution in [0.1, 0.15) is 0 Å². The second-order valence-corrected chi connectivity index (χ2v) is 3.61. The molecular weight excluding hydrogens is 281 g/mol. The molecule has 0 atom stereocenters. The quantitative estimate of drug-likeness (QED) is 0.838. The molecule has 0 aliphatic carbocycles. The molecule has 1 aromatic rings. The molecule has 0 fully saturated rings. The molecule has 4 nitrogen and oxygen atoms in total. The molecule has 0 saturated heterocycles. The van der Waals surface area contributed by atoms with Crippen molar-refractivity contribution in [2.75, 3.05) is 5.32 Å². The Kier molecular flexibility index (Phi) is 4.19. The van der Waals surface area contributed by atoms with Crippen LogP contribution in [0.5, 0.6) is 0 Å². The first-order valence-corrected chi connectivity index (χ1v) is 4.96. The van der Waals surface area contributed by atoms with E-state index in [4.69, 9.17) is 5.11 Å². The van der Waals surface area contributed by atoms with Gasteiger partial charge >= 0.3 is 5.97 Å². The Morgan fingerprint density at radius 2 is 2.06 bits per heavy atom. The number of benzene rings is 1. The maximum absolute atomic E-state index is 13.2. The van der Waals surface area contributed by atoms with E-state index >= 15 is 0 Å². The van der Waals surface area contributed by atoms with Crippen LogP contribution in [0.4, 0.5) is 10.1 Å². The zero-order valence-corrected chi connectivity index (χ0v) is 9.49. The second kappa shape index (κ2) is 5.41. The highest BCUT2D eigenvalue weighted by Crippen LogP contribution is 2.24. The number of nitrogens with one attached hydrogen (secondary N) is 1. The van der Waals surface area contributed by atoms with Crippen LogP contribution in [0.2, 0.25) is 0 Å². The first-order valence-electron chi connectivity index (χ1n) is 4.16. The van der Waals surface area contributed by atoms with Crippen LogP contribution in [-0.4, -0.2) is 17.0 Å². The fourth-order valence-electron chi connectivity index (χ4n) is 0.929. The summed E-state index contributed by atoms with van der Waals surface area (Å²) in [7, 11) is 0. The average molecular weight is 288 g/mol. The fraction of sp³-hybridized carbons (Fsp3) is 0. The number of anilines is 1. The number of hydrogen-bond acceptors (Lipinski definition) is 2. The number of amides is 1. The highest BCUT2D eigenvalue weighted by Gasteiger charge is 2.08. The number of hydrogen-bond donors (Lipinski definition) is 2. The fourth-order valence-corrected chi connectivity index (χ4v) is 1.37. The molecular formula is C10H7BrFNO3. The Labute approximate surface area is 98.9 Å². The first-order chi connectivity index (χ1) is 7.50. The van der Waals surface area contributed by atoms with Crippen molar-refractivity contribution in [3.63, 3.8) is 0 Å². The molecule has 0 heterocycles. The highest BCUT2D eigenvalue weighted by molar-refractivity contribution is 9.10. The van der Waals surface area contributed by atoms with Crippen molar-refractivity contribution >= 4 is 33.5 Å². The standard InChI is InChI=1S/C10H7BrFNO3/c11-6-2-1-3-7(12)10(6)13-8(14)4-5-9(15)16/h1-5H,(H,13,14)(H,15,16)/b5-4+. The van der Waals surface area contributed by atoms with Gasteiger partial charge in [-0.25, -0.2) is 9.18 Å². The number of carboxylic acid groups (broad SMARTS) is 1. The number of carboxylic acids is 1. The van der Waals surface area contributed by atoms with E-state index in [1.807, 2.05) is 0 Å². The molecule has 6 heteroatoms. The van der Waals surface area contributed by atoms with Gasteiger partial charge in [0.2, 0.25) is 5.91 Å². The lowest BCUT2D eigenvalue weighted by molar-refractivity contribution is -0.131. The van der Waals surface area contributed by atoms with E-state index in [0.717, 1.165) is 6.08 Å². The van der Waals surface area contributed by atoms with E-state index in [1.165, 1.54) is 12.1 Å². The molecule has 1 amide bonds. The third-order valence-corrected chi connectivity index (χ3v) is 2.25. The van der Waals surface area contributed by atoms with E-state index in [1.54, 1.807) is 6.07 Å². The van der Waals surface area contributed by atoms with E-state index in [2.05, 4.69) is 21.2 Å². The summed E-state index contributed by atoms with van der Waals surface area (Å²) in [5.41, 5.74) is -0.0254. The van der Waals surface area contributed by atoms with Crippen molar-refractivity contribution in [3.8, 4) is 0 Å². The van der Waals surface area contributed by atoms with Gasteiger partial charge in [0.05, 0.1) is 5.69 Å². The summed E-state index contributed by atoms with van der Waals surface area (Å²) < 4.78 is 13.6. The number of carbonyl (C=O) groups is 2. The lowest BCUT2D eigenvalue weighted by atomic mass is 10.3. The van der Waals surface area contributed by atoms with Crippen LogP contribution in [0, 0.1) is 5.82 Å². The molecule has 0 saturated carbocycles. The molecule has 16 heavy (non-hydrogen) atoms. The van der Waals surface area contributed by atoms with Crippen LogP contribution >= 0.6 is 15.9 Å². The number of para-hydroxylation sites is 1. The molecule has 0 aliphatic heterocycles. The predicted octanol–water partition coefficient (Wildman–Crippen LogP) is 2.17. The van der Waals surface area contributed by atoms with E-state index < -0.39 is 17.7 Å². The number of carbonyl (C=O) groups excluding carboxylic acids is 1. The Morgan fingerprint density at radius 3 is 2.62 bits per heavy atom. The van der Waals surface area contributed by atoms with Gasteiger partial charge in [-0.2, -0.15) is 0 Å². The van der Waals surface area contributed by atoms with Crippen LogP contribution in [0.25, 0.3) is 0 Å². The van der Waals surface area contributed by atoms with Crippen LogP contribution in [-0.2, 0) is 9.59 Å². The summed E-state index contributed by atoms with van der Waals surface area (Å²) >= 11 is 3.06. The van der Waals surface area contributed by atoms with E-state index in [-0.39, 0.29) is 5.69 Å². The summed E-state index contributed by atoms with van der Waals surface area (Å²) in [6.45, 7) is 0. The molecule has 1 rings (SSSR count). The number of rotatable bonds is 3. The predicted molar refractivity (Wildman–Crippen MR) is 59.5 cm³/mol. The smallest absolute Gasteiger partial charge is 0.328 e. The second-order valence-electron chi connectivity index (χ2n) is 2.76. The Bertz CT molecular complexity index is 439. The van der Waals surface area contributed by atoms with Gasteiger partial charge in [-0.3, -0.25) is 4.79 Å². The Balaban J connectivity index is 2.81. The van der Waals surface area contributed by atoms with Gasteiger partial charge < -0.3 is 10.4 Å². The average Bonchev–Trinajstić information content (AvgIpc) is 2.21. The topological polar surface area (TPSA) is 66.4 Å². The van der Waals surface area contributed by atoms with Crippen LogP contribution < -0.4 is 5.32 Å². The van der Waals surface area contributed by atoms with Gasteiger partial charge in [0.15, 0.2) is 0 Å². The summed E-state index contributed by atoms with van der Waals surface area (Å²) in [4.78, 5) is 21.3. The monoisotopic (exact) mass is 287 g/mol. The van der Waals surface area contributed by atoms with Crippen LogP contribution in [0.15, 0.2) is 34.8 Å². The minimum Gasteiger partial charge on any atom is -0.478 e. The molecule has 0 unspecified atom stereocenters. The maximum Gasteiger partial charge on any atom is 0.328 e. The highest BCUT2D eigenvalue weighted by atomic mass is 79.9. The van der Waals surface area contributed by atoms with Crippen molar-refractivity contribution in [2.24, 2.45) is 0 Å². The first kappa shape index (κ1) is 12.4. The summed E-state index contributed by atoms with van der Waals surface area (Å²) in [5, 5.41) is 10.5. The summed E-state index contributed by atoms with van der Waals surface area (Å²) in [5.74, 6) is -2.57. The molecule has 0 aromatic heterocycles. The molecule has 0 aliphatic rings. The Morgan fingerprint density at radius 1 is 1.38 bits per heavy atom. The molecule has 0 radical (unpaired) electrons.